The fourth-order valence-electron chi connectivity index (χ4n) is 2.53. The van der Waals surface area contributed by atoms with E-state index in [0.29, 0.717) is 23.9 Å². The lowest BCUT2D eigenvalue weighted by atomic mass is 10.1. The maximum absolute atomic E-state index is 13.7. The van der Waals surface area contributed by atoms with E-state index in [-0.39, 0.29) is 5.82 Å². The second-order valence-corrected chi connectivity index (χ2v) is 5.83. The molecule has 0 amide bonds. The minimum atomic E-state index is -0.220. The first-order chi connectivity index (χ1) is 12.2. The van der Waals surface area contributed by atoms with Crippen LogP contribution >= 0.6 is 0 Å². The third kappa shape index (κ3) is 5.01. The number of rotatable bonds is 7. The van der Waals surface area contributed by atoms with Gasteiger partial charge in [0.05, 0.1) is 0 Å². The van der Waals surface area contributed by atoms with Gasteiger partial charge in [0.15, 0.2) is 0 Å². The summed E-state index contributed by atoms with van der Waals surface area (Å²) in [6.45, 7) is 3.05. The highest BCUT2D eigenvalue weighted by Gasteiger charge is 2.04. The fraction of sp³-hybridized carbons (Fsp3) is 0.200. The molecule has 2 aromatic carbocycles. The standard InChI is InChI=1S/C20H21FN4/c1-15-13-19(23-14-17-9-5-6-10-18(17)21)25-20(24-15)22-12-11-16-7-3-2-4-8-16/h2-10,13H,11-12,14H2,1H3,(H2,22,23,24,25). The van der Waals surface area contributed by atoms with Crippen LogP contribution < -0.4 is 10.6 Å². The summed E-state index contributed by atoms with van der Waals surface area (Å²) < 4.78 is 13.7. The van der Waals surface area contributed by atoms with Crippen LogP contribution in [0.25, 0.3) is 0 Å². The van der Waals surface area contributed by atoms with Gasteiger partial charge in [-0.2, -0.15) is 4.98 Å². The Morgan fingerprint density at radius 3 is 2.48 bits per heavy atom. The Morgan fingerprint density at radius 1 is 0.920 bits per heavy atom. The summed E-state index contributed by atoms with van der Waals surface area (Å²) >= 11 is 0. The number of nitrogens with one attached hydrogen (secondary N) is 2. The molecule has 0 aliphatic heterocycles. The zero-order valence-electron chi connectivity index (χ0n) is 14.2. The van der Waals surface area contributed by atoms with Crippen LogP contribution in [0.5, 0.6) is 0 Å². The number of anilines is 2. The van der Waals surface area contributed by atoms with Crippen molar-refractivity contribution in [3.05, 3.63) is 83.3 Å². The highest BCUT2D eigenvalue weighted by molar-refractivity contribution is 5.43. The van der Waals surface area contributed by atoms with Crippen LogP contribution in [0.4, 0.5) is 16.2 Å². The van der Waals surface area contributed by atoms with E-state index in [9.17, 15) is 4.39 Å². The largest absolute Gasteiger partial charge is 0.366 e. The van der Waals surface area contributed by atoms with Gasteiger partial charge >= 0.3 is 0 Å². The van der Waals surface area contributed by atoms with Gasteiger partial charge in [0.1, 0.15) is 11.6 Å². The fourth-order valence-corrected chi connectivity index (χ4v) is 2.53. The van der Waals surface area contributed by atoms with Crippen molar-refractivity contribution in [2.75, 3.05) is 17.2 Å². The van der Waals surface area contributed by atoms with Crippen LogP contribution in [-0.2, 0) is 13.0 Å². The topological polar surface area (TPSA) is 49.8 Å². The van der Waals surface area contributed by atoms with Gasteiger partial charge in [0, 0.05) is 30.4 Å². The number of benzene rings is 2. The van der Waals surface area contributed by atoms with Gasteiger partial charge in [-0.1, -0.05) is 48.5 Å². The zero-order valence-corrected chi connectivity index (χ0v) is 14.2. The molecule has 0 radical (unpaired) electrons. The highest BCUT2D eigenvalue weighted by atomic mass is 19.1. The summed E-state index contributed by atoms with van der Waals surface area (Å²) in [6, 6.07) is 18.8. The van der Waals surface area contributed by atoms with E-state index >= 15 is 0 Å². The first-order valence-electron chi connectivity index (χ1n) is 8.31. The first-order valence-corrected chi connectivity index (χ1v) is 8.31. The van der Waals surface area contributed by atoms with E-state index in [1.165, 1.54) is 11.6 Å². The number of aromatic nitrogens is 2. The van der Waals surface area contributed by atoms with Gasteiger partial charge in [-0.3, -0.25) is 0 Å². The molecule has 1 aromatic heterocycles. The molecule has 4 nitrogen and oxygen atoms in total. The van der Waals surface area contributed by atoms with Crippen molar-refractivity contribution in [2.24, 2.45) is 0 Å². The minimum absolute atomic E-state index is 0.220. The number of hydrogen-bond acceptors (Lipinski definition) is 4. The molecular formula is C20H21FN4. The number of hydrogen-bond donors (Lipinski definition) is 2. The Hall–Kier alpha value is -2.95. The zero-order chi connectivity index (χ0) is 17.5. The monoisotopic (exact) mass is 336 g/mol. The molecule has 0 saturated carbocycles. The SMILES string of the molecule is Cc1cc(NCc2ccccc2F)nc(NCCc2ccccc2)n1. The lowest BCUT2D eigenvalue weighted by Crippen LogP contribution is -2.11. The first kappa shape index (κ1) is 16.9. The number of aryl methyl sites for hydroxylation is 1. The van der Waals surface area contributed by atoms with Crippen LogP contribution in [0.3, 0.4) is 0 Å². The van der Waals surface area contributed by atoms with Crippen molar-refractivity contribution < 1.29 is 4.39 Å². The van der Waals surface area contributed by atoms with Crippen molar-refractivity contribution in [3.8, 4) is 0 Å². The maximum Gasteiger partial charge on any atom is 0.224 e. The quantitative estimate of drug-likeness (QED) is 0.679. The van der Waals surface area contributed by atoms with Gasteiger partial charge in [0.2, 0.25) is 5.95 Å². The minimum Gasteiger partial charge on any atom is -0.366 e. The van der Waals surface area contributed by atoms with Crippen molar-refractivity contribution in [3.63, 3.8) is 0 Å². The predicted octanol–water partition coefficient (Wildman–Crippen LogP) is 4.19. The average Bonchev–Trinajstić information content (AvgIpc) is 2.62. The average molecular weight is 336 g/mol. The molecule has 5 heteroatoms. The molecule has 0 aliphatic rings. The highest BCUT2D eigenvalue weighted by Crippen LogP contribution is 2.13. The molecule has 0 spiro atoms. The van der Waals surface area contributed by atoms with Gasteiger partial charge in [-0.25, -0.2) is 9.37 Å². The molecule has 0 atom stereocenters. The Balaban J connectivity index is 1.59. The van der Waals surface area contributed by atoms with E-state index < -0.39 is 0 Å². The van der Waals surface area contributed by atoms with Gasteiger partial charge < -0.3 is 10.6 Å². The third-order valence-electron chi connectivity index (χ3n) is 3.81. The van der Waals surface area contributed by atoms with E-state index in [1.54, 1.807) is 12.1 Å². The number of nitrogens with zero attached hydrogens (tertiary/aromatic N) is 2. The van der Waals surface area contributed by atoms with E-state index in [1.807, 2.05) is 37.3 Å². The number of halogens is 1. The Bertz CT molecular complexity index is 821. The Labute approximate surface area is 147 Å². The van der Waals surface area contributed by atoms with E-state index in [2.05, 4.69) is 32.7 Å². The van der Waals surface area contributed by atoms with Crippen LogP contribution in [0.15, 0.2) is 60.7 Å². The molecule has 2 N–H and O–H groups in total. The second-order valence-electron chi connectivity index (χ2n) is 5.83. The van der Waals surface area contributed by atoms with Gasteiger partial charge in [0.25, 0.3) is 0 Å². The summed E-state index contributed by atoms with van der Waals surface area (Å²) in [5, 5.41) is 6.41. The predicted molar refractivity (Wildman–Crippen MR) is 99.1 cm³/mol. The third-order valence-corrected chi connectivity index (χ3v) is 3.81. The second kappa shape index (κ2) is 8.24. The van der Waals surface area contributed by atoms with Crippen LogP contribution in [0.2, 0.25) is 0 Å². The maximum atomic E-state index is 13.7. The molecule has 1 heterocycles. The summed E-state index contributed by atoms with van der Waals surface area (Å²) in [6.07, 6.45) is 0.899. The smallest absolute Gasteiger partial charge is 0.224 e. The lowest BCUT2D eigenvalue weighted by molar-refractivity contribution is 0.613. The molecule has 0 fully saturated rings. The van der Waals surface area contributed by atoms with Crippen molar-refractivity contribution in [2.45, 2.75) is 19.9 Å². The molecule has 0 unspecified atom stereocenters. The molecule has 0 bridgehead atoms. The van der Waals surface area contributed by atoms with Crippen molar-refractivity contribution in [1.82, 2.24) is 9.97 Å². The molecule has 3 aromatic rings. The van der Waals surface area contributed by atoms with Crippen molar-refractivity contribution >= 4 is 11.8 Å². The van der Waals surface area contributed by atoms with E-state index in [0.717, 1.165) is 18.7 Å². The van der Waals surface area contributed by atoms with Crippen LogP contribution in [-0.4, -0.2) is 16.5 Å². The normalized spacial score (nSPS) is 10.5. The molecule has 3 rings (SSSR count). The van der Waals surface area contributed by atoms with E-state index in [4.69, 9.17) is 0 Å². The Kier molecular flexibility index (Phi) is 5.57. The molecular weight excluding hydrogens is 315 g/mol. The molecule has 0 aliphatic carbocycles. The molecule has 0 saturated heterocycles. The van der Waals surface area contributed by atoms with Gasteiger partial charge in [-0.15, -0.1) is 0 Å². The summed E-state index contributed by atoms with van der Waals surface area (Å²) in [4.78, 5) is 8.85. The molecule has 25 heavy (non-hydrogen) atoms. The summed E-state index contributed by atoms with van der Waals surface area (Å²) in [7, 11) is 0. The van der Waals surface area contributed by atoms with Crippen molar-refractivity contribution in [1.29, 1.82) is 0 Å². The van der Waals surface area contributed by atoms with Gasteiger partial charge in [-0.05, 0) is 25.0 Å². The van der Waals surface area contributed by atoms with Crippen LogP contribution in [0.1, 0.15) is 16.8 Å². The molecule has 128 valence electrons. The van der Waals surface area contributed by atoms with Crippen LogP contribution in [0, 0.1) is 12.7 Å². The summed E-state index contributed by atoms with van der Waals surface area (Å²) in [5.74, 6) is 1.03. The summed E-state index contributed by atoms with van der Waals surface area (Å²) in [5.41, 5.74) is 2.73. The lowest BCUT2D eigenvalue weighted by Gasteiger charge is -2.10. The Morgan fingerprint density at radius 2 is 1.68 bits per heavy atom.